The van der Waals surface area contributed by atoms with Crippen LogP contribution in [0, 0.1) is 5.92 Å². The Bertz CT molecular complexity index is 538. The fraction of sp³-hybridized carbons (Fsp3) is 0.688. The van der Waals surface area contributed by atoms with E-state index in [9.17, 15) is 4.79 Å². The van der Waals surface area contributed by atoms with Crippen molar-refractivity contribution in [3.63, 3.8) is 0 Å². The molecule has 20 heavy (non-hydrogen) atoms. The van der Waals surface area contributed by atoms with Gasteiger partial charge in [-0.2, -0.15) is 0 Å². The van der Waals surface area contributed by atoms with E-state index in [1.165, 1.54) is 18.4 Å². The van der Waals surface area contributed by atoms with Gasteiger partial charge in [0.15, 0.2) is 0 Å². The first-order valence-electron chi connectivity index (χ1n) is 7.56. The number of ether oxygens (including phenoxy) is 2. The third kappa shape index (κ3) is 1.67. The second kappa shape index (κ2) is 4.23. The van der Waals surface area contributed by atoms with E-state index in [0.717, 1.165) is 29.4 Å². The van der Waals surface area contributed by atoms with Gasteiger partial charge in [0.2, 0.25) is 0 Å². The number of hydrogen-bond acceptors (Lipinski definition) is 3. The third-order valence-electron chi connectivity index (χ3n) is 5.00. The molecule has 0 N–H and O–H groups in total. The van der Waals surface area contributed by atoms with Gasteiger partial charge in [-0.3, -0.25) is 0 Å². The zero-order chi connectivity index (χ0) is 14.7. The molecule has 3 rings (SSSR count). The summed E-state index contributed by atoms with van der Waals surface area (Å²) in [4.78, 5) is 12.5. The number of methoxy groups -OCH3 is 1. The smallest absolute Gasteiger partial charge is 0.331 e. The predicted octanol–water partition coefficient (Wildman–Crippen LogP) is 3.58. The molecule has 1 aliphatic heterocycles. The van der Waals surface area contributed by atoms with Crippen molar-refractivity contribution in [3.8, 4) is 0 Å². The van der Waals surface area contributed by atoms with E-state index < -0.39 is 13.7 Å². The summed E-state index contributed by atoms with van der Waals surface area (Å²) in [7, 11) is -0.0180. The maximum Gasteiger partial charge on any atom is 0.331 e. The number of rotatable bonds is 2. The summed E-state index contributed by atoms with van der Waals surface area (Å²) in [6.45, 7) is 8.72. The average Bonchev–Trinajstić information content (AvgIpc) is 2.75. The summed E-state index contributed by atoms with van der Waals surface area (Å²) in [6, 6.07) is 0. The molecule has 0 aromatic heterocycles. The topological polar surface area (TPSA) is 35.5 Å². The van der Waals surface area contributed by atoms with E-state index in [2.05, 4.69) is 26.6 Å². The fourth-order valence-electron chi connectivity index (χ4n) is 4.20. The largest absolute Gasteiger partial charge is 0.496 e. The van der Waals surface area contributed by atoms with E-state index in [0.29, 0.717) is 5.92 Å². The maximum atomic E-state index is 12.5. The zero-order valence-electron chi connectivity index (χ0n) is 13.1. The second-order valence-corrected chi connectivity index (χ2v) is 12.4. The Hall–Kier alpha value is -1.03. The molecule has 0 amide bonds. The molecule has 110 valence electrons. The molecule has 3 aliphatic rings. The molecule has 2 atom stereocenters. The molecule has 2 unspecified atom stereocenters. The lowest BCUT2D eigenvalue weighted by atomic mass is 9.78. The molecule has 1 saturated carbocycles. The van der Waals surface area contributed by atoms with Gasteiger partial charge >= 0.3 is 5.97 Å². The molecule has 0 aromatic rings. The van der Waals surface area contributed by atoms with Gasteiger partial charge in [-0.15, -0.1) is 0 Å². The summed E-state index contributed by atoms with van der Waals surface area (Å²) in [5.41, 5.74) is 2.01. The van der Waals surface area contributed by atoms with Crippen LogP contribution in [0.3, 0.4) is 0 Å². The molecule has 1 fully saturated rings. The highest BCUT2D eigenvalue weighted by Crippen LogP contribution is 2.57. The number of esters is 1. The maximum absolute atomic E-state index is 12.5. The summed E-state index contributed by atoms with van der Waals surface area (Å²) < 4.78 is 11.7. The Morgan fingerprint density at radius 2 is 2.00 bits per heavy atom. The third-order valence-corrected chi connectivity index (χ3v) is 6.96. The molecule has 3 nitrogen and oxygen atoms in total. The Morgan fingerprint density at radius 1 is 1.30 bits per heavy atom. The van der Waals surface area contributed by atoms with Crippen molar-refractivity contribution in [2.24, 2.45) is 5.92 Å². The number of carbonyl (C=O) groups is 1. The lowest BCUT2D eigenvalue weighted by Crippen LogP contribution is -2.35. The van der Waals surface area contributed by atoms with Crippen LogP contribution in [0.1, 0.15) is 32.6 Å². The minimum Gasteiger partial charge on any atom is -0.496 e. The standard InChI is InChI=1S/C16H24O3Si/c1-16-11-9-7-6-8-10(11)13(18-2)12(16)14(15(17)19-16)20(3,4)5/h11H,6-9H2,1-5H3. The average molecular weight is 292 g/mol. The lowest BCUT2D eigenvalue weighted by Gasteiger charge is -2.32. The molecule has 0 bridgehead atoms. The van der Waals surface area contributed by atoms with Crippen molar-refractivity contribution in [1.82, 2.24) is 0 Å². The van der Waals surface area contributed by atoms with Crippen LogP contribution < -0.4 is 0 Å². The molecule has 0 saturated heterocycles. The molecule has 1 heterocycles. The van der Waals surface area contributed by atoms with E-state index in [4.69, 9.17) is 9.47 Å². The summed E-state index contributed by atoms with van der Waals surface area (Å²) in [5.74, 6) is 1.21. The molecule has 0 radical (unpaired) electrons. The molecule has 2 aliphatic carbocycles. The highest BCUT2D eigenvalue weighted by molar-refractivity contribution is 6.87. The van der Waals surface area contributed by atoms with Gasteiger partial charge in [-0.05, 0) is 31.8 Å². The SMILES string of the molecule is COC1=C2CCCCC2C2(C)OC(=O)C([Si](C)(C)C)=C12. The second-order valence-electron chi connectivity index (χ2n) is 7.35. The molecular weight excluding hydrogens is 268 g/mol. The highest BCUT2D eigenvalue weighted by atomic mass is 28.3. The fourth-order valence-corrected chi connectivity index (χ4v) is 5.97. The van der Waals surface area contributed by atoms with Crippen LogP contribution in [-0.2, 0) is 14.3 Å². The minimum absolute atomic E-state index is 0.0964. The van der Waals surface area contributed by atoms with E-state index in [1.807, 2.05) is 0 Å². The Kier molecular flexibility index (Phi) is 2.95. The summed E-state index contributed by atoms with van der Waals surface area (Å²) >= 11 is 0. The Labute approximate surface area is 122 Å². The Morgan fingerprint density at radius 3 is 2.60 bits per heavy atom. The molecule has 0 spiro atoms. The van der Waals surface area contributed by atoms with Crippen molar-refractivity contribution in [2.75, 3.05) is 7.11 Å². The van der Waals surface area contributed by atoms with Crippen molar-refractivity contribution in [3.05, 3.63) is 22.1 Å². The normalized spacial score (nSPS) is 33.2. The van der Waals surface area contributed by atoms with Crippen LogP contribution in [0.5, 0.6) is 0 Å². The van der Waals surface area contributed by atoms with Crippen molar-refractivity contribution in [2.45, 2.75) is 57.8 Å². The molecule has 0 aromatic carbocycles. The number of hydrogen-bond donors (Lipinski definition) is 0. The summed E-state index contributed by atoms with van der Waals surface area (Å²) in [5, 5.41) is 0.943. The van der Waals surface area contributed by atoms with Crippen molar-refractivity contribution >= 4 is 14.0 Å². The monoisotopic (exact) mass is 292 g/mol. The van der Waals surface area contributed by atoms with Gasteiger partial charge in [-0.1, -0.05) is 26.1 Å². The zero-order valence-corrected chi connectivity index (χ0v) is 14.1. The van der Waals surface area contributed by atoms with Crippen LogP contribution in [0.4, 0.5) is 0 Å². The first kappa shape index (κ1) is 13.9. The molecular formula is C16H24O3Si. The van der Waals surface area contributed by atoms with Gasteiger partial charge in [0.1, 0.15) is 11.4 Å². The number of fused-ring (bicyclic) bond motifs is 3. The van der Waals surface area contributed by atoms with E-state index in [-0.39, 0.29) is 5.97 Å². The molecule has 4 heteroatoms. The van der Waals surface area contributed by atoms with Crippen LogP contribution in [0.15, 0.2) is 22.1 Å². The van der Waals surface area contributed by atoms with Crippen LogP contribution in [0.25, 0.3) is 0 Å². The van der Waals surface area contributed by atoms with E-state index >= 15 is 0 Å². The highest BCUT2D eigenvalue weighted by Gasteiger charge is 2.59. The van der Waals surface area contributed by atoms with E-state index in [1.54, 1.807) is 7.11 Å². The minimum atomic E-state index is -1.75. The first-order chi connectivity index (χ1) is 9.30. The lowest BCUT2D eigenvalue weighted by molar-refractivity contribution is -0.148. The van der Waals surface area contributed by atoms with Crippen LogP contribution in [0.2, 0.25) is 19.6 Å². The number of carbonyl (C=O) groups excluding carboxylic acids is 1. The van der Waals surface area contributed by atoms with Crippen molar-refractivity contribution in [1.29, 1.82) is 0 Å². The predicted molar refractivity (Wildman–Crippen MR) is 80.9 cm³/mol. The first-order valence-corrected chi connectivity index (χ1v) is 11.1. The quantitative estimate of drug-likeness (QED) is 0.576. The van der Waals surface area contributed by atoms with Gasteiger partial charge < -0.3 is 9.47 Å². The Balaban J connectivity index is 2.25. The summed E-state index contributed by atoms with van der Waals surface area (Å²) in [6.07, 6.45) is 4.63. The van der Waals surface area contributed by atoms with Gasteiger partial charge in [0.25, 0.3) is 0 Å². The van der Waals surface area contributed by atoms with Crippen molar-refractivity contribution < 1.29 is 14.3 Å². The van der Waals surface area contributed by atoms with Gasteiger partial charge in [0.05, 0.1) is 15.2 Å². The van der Waals surface area contributed by atoms with Crippen LogP contribution >= 0.6 is 0 Å². The van der Waals surface area contributed by atoms with Crippen LogP contribution in [-0.4, -0.2) is 26.8 Å². The van der Waals surface area contributed by atoms with Gasteiger partial charge in [-0.25, -0.2) is 4.79 Å². The van der Waals surface area contributed by atoms with Gasteiger partial charge in [0, 0.05) is 16.7 Å².